The van der Waals surface area contributed by atoms with Crippen molar-refractivity contribution in [3.63, 3.8) is 0 Å². The Morgan fingerprint density at radius 2 is 2.22 bits per heavy atom. The quantitative estimate of drug-likeness (QED) is 0.858. The molecule has 1 amide bonds. The number of nitrogens with zero attached hydrogens (tertiary/aromatic N) is 1. The summed E-state index contributed by atoms with van der Waals surface area (Å²) in [4.78, 5) is 13.6. The molecule has 4 nitrogen and oxygen atoms in total. The van der Waals surface area contributed by atoms with Crippen molar-refractivity contribution in [3.05, 3.63) is 35.1 Å². The molecule has 0 fully saturated rings. The van der Waals surface area contributed by atoms with Gasteiger partial charge in [-0.3, -0.25) is 4.79 Å². The number of hydrogen-bond acceptors (Lipinski definition) is 3. The summed E-state index contributed by atoms with van der Waals surface area (Å²) in [5, 5.41) is 0. The van der Waals surface area contributed by atoms with E-state index in [-0.39, 0.29) is 17.8 Å². The number of likely N-dealkylation sites (N-methyl/N-ethyl adjacent to an activating group) is 1. The van der Waals surface area contributed by atoms with E-state index < -0.39 is 0 Å². The van der Waals surface area contributed by atoms with Crippen molar-refractivity contribution >= 4 is 5.91 Å². The number of nitrogens with two attached hydrogens (primary N) is 1. The number of ether oxygens (including phenoxy) is 1. The van der Waals surface area contributed by atoms with E-state index in [0.717, 1.165) is 0 Å². The van der Waals surface area contributed by atoms with E-state index in [1.54, 1.807) is 21.1 Å². The maximum absolute atomic E-state index is 13.0. The predicted molar refractivity (Wildman–Crippen MR) is 67.9 cm³/mol. The van der Waals surface area contributed by atoms with Crippen LogP contribution in [-0.2, 0) is 4.74 Å². The van der Waals surface area contributed by atoms with Gasteiger partial charge in [-0.15, -0.1) is 0 Å². The molecule has 18 heavy (non-hydrogen) atoms. The number of rotatable bonds is 5. The third kappa shape index (κ3) is 3.78. The SMILES string of the molecule is COCC(N)CN(C)C(=O)c1ccc(F)cc1C. The monoisotopic (exact) mass is 254 g/mol. The van der Waals surface area contributed by atoms with Gasteiger partial charge in [0, 0.05) is 32.3 Å². The molecule has 0 bridgehead atoms. The third-order valence-electron chi connectivity index (χ3n) is 2.65. The van der Waals surface area contributed by atoms with E-state index >= 15 is 0 Å². The Morgan fingerprint density at radius 1 is 1.56 bits per heavy atom. The molecule has 0 aromatic heterocycles. The molecule has 0 aliphatic carbocycles. The van der Waals surface area contributed by atoms with Gasteiger partial charge in [-0.2, -0.15) is 0 Å². The molecule has 0 aliphatic rings. The standard InChI is InChI=1S/C13H19FN2O2/c1-9-6-10(14)4-5-12(9)13(17)16(2)7-11(15)8-18-3/h4-6,11H,7-8,15H2,1-3H3. The molecule has 0 aliphatic heterocycles. The molecule has 100 valence electrons. The summed E-state index contributed by atoms with van der Waals surface area (Å²) >= 11 is 0. The number of aryl methyl sites for hydroxylation is 1. The number of methoxy groups -OCH3 is 1. The zero-order valence-corrected chi connectivity index (χ0v) is 10.9. The number of hydrogen-bond donors (Lipinski definition) is 1. The number of benzene rings is 1. The lowest BCUT2D eigenvalue weighted by atomic mass is 10.1. The summed E-state index contributed by atoms with van der Waals surface area (Å²) in [6, 6.07) is 3.88. The molecule has 2 N–H and O–H groups in total. The molecule has 1 aromatic rings. The van der Waals surface area contributed by atoms with Gasteiger partial charge in [-0.1, -0.05) is 0 Å². The maximum Gasteiger partial charge on any atom is 0.253 e. The first kappa shape index (κ1) is 14.6. The van der Waals surface area contributed by atoms with Gasteiger partial charge in [-0.25, -0.2) is 4.39 Å². The van der Waals surface area contributed by atoms with E-state index in [0.29, 0.717) is 24.3 Å². The highest BCUT2D eigenvalue weighted by molar-refractivity contribution is 5.95. The van der Waals surface area contributed by atoms with E-state index in [1.165, 1.54) is 23.1 Å². The molecule has 0 spiro atoms. The molecule has 1 rings (SSSR count). The van der Waals surface area contributed by atoms with Crippen LogP contribution in [0.15, 0.2) is 18.2 Å². The average Bonchev–Trinajstić information content (AvgIpc) is 2.28. The van der Waals surface area contributed by atoms with E-state index in [1.807, 2.05) is 0 Å². The van der Waals surface area contributed by atoms with E-state index in [4.69, 9.17) is 10.5 Å². The Morgan fingerprint density at radius 3 is 2.78 bits per heavy atom. The van der Waals surface area contributed by atoms with E-state index in [9.17, 15) is 9.18 Å². The lowest BCUT2D eigenvalue weighted by Crippen LogP contribution is -2.41. The molecule has 1 atom stereocenters. The van der Waals surface area contributed by atoms with Gasteiger partial charge in [-0.05, 0) is 30.7 Å². The van der Waals surface area contributed by atoms with Gasteiger partial charge < -0.3 is 15.4 Å². The molecular formula is C13H19FN2O2. The van der Waals surface area contributed by atoms with Crippen LogP contribution >= 0.6 is 0 Å². The lowest BCUT2D eigenvalue weighted by Gasteiger charge is -2.22. The van der Waals surface area contributed by atoms with Crippen molar-refractivity contribution in [3.8, 4) is 0 Å². The highest BCUT2D eigenvalue weighted by Crippen LogP contribution is 2.12. The zero-order valence-electron chi connectivity index (χ0n) is 10.9. The van der Waals surface area contributed by atoms with Crippen molar-refractivity contribution < 1.29 is 13.9 Å². The van der Waals surface area contributed by atoms with Crippen LogP contribution in [-0.4, -0.2) is 44.2 Å². The fraction of sp³-hybridized carbons (Fsp3) is 0.462. The third-order valence-corrected chi connectivity index (χ3v) is 2.65. The first-order valence-electron chi connectivity index (χ1n) is 5.71. The predicted octanol–water partition coefficient (Wildman–Crippen LogP) is 1.18. The number of carbonyl (C=O) groups excluding carboxylic acids is 1. The smallest absolute Gasteiger partial charge is 0.253 e. The second kappa shape index (κ2) is 6.47. The fourth-order valence-corrected chi connectivity index (χ4v) is 1.77. The van der Waals surface area contributed by atoms with Gasteiger partial charge in [0.25, 0.3) is 5.91 Å². The van der Waals surface area contributed by atoms with Crippen LogP contribution in [0.5, 0.6) is 0 Å². The van der Waals surface area contributed by atoms with Gasteiger partial charge in [0.05, 0.1) is 6.61 Å². The Bertz CT molecular complexity index is 423. The van der Waals surface area contributed by atoms with Gasteiger partial charge in [0.15, 0.2) is 0 Å². The van der Waals surface area contributed by atoms with Crippen LogP contribution < -0.4 is 5.73 Å². The molecule has 0 heterocycles. The van der Waals surface area contributed by atoms with Crippen molar-refractivity contribution in [2.45, 2.75) is 13.0 Å². The van der Waals surface area contributed by atoms with Gasteiger partial charge in [0.1, 0.15) is 5.82 Å². The van der Waals surface area contributed by atoms with Crippen molar-refractivity contribution in [1.29, 1.82) is 0 Å². The van der Waals surface area contributed by atoms with Gasteiger partial charge >= 0.3 is 0 Å². The highest BCUT2D eigenvalue weighted by Gasteiger charge is 2.16. The Labute approximate surface area is 107 Å². The largest absolute Gasteiger partial charge is 0.383 e. The molecule has 1 aromatic carbocycles. The van der Waals surface area contributed by atoms with Crippen LogP contribution in [0.1, 0.15) is 15.9 Å². The maximum atomic E-state index is 13.0. The summed E-state index contributed by atoms with van der Waals surface area (Å²) in [5.74, 6) is -0.512. The summed E-state index contributed by atoms with van der Waals surface area (Å²) < 4.78 is 17.9. The molecule has 0 saturated heterocycles. The van der Waals surface area contributed by atoms with Crippen LogP contribution in [0.4, 0.5) is 4.39 Å². The highest BCUT2D eigenvalue weighted by atomic mass is 19.1. The Hall–Kier alpha value is -1.46. The first-order chi connectivity index (χ1) is 8.45. The number of carbonyl (C=O) groups is 1. The second-order valence-electron chi connectivity index (χ2n) is 4.36. The van der Waals surface area contributed by atoms with Crippen LogP contribution in [0.25, 0.3) is 0 Å². The first-order valence-corrected chi connectivity index (χ1v) is 5.71. The lowest BCUT2D eigenvalue weighted by molar-refractivity contribution is 0.0764. The summed E-state index contributed by atoms with van der Waals surface area (Å²) in [5.41, 5.74) is 6.89. The van der Waals surface area contributed by atoms with Crippen LogP contribution in [0.3, 0.4) is 0 Å². The minimum atomic E-state index is -0.345. The normalized spacial score (nSPS) is 12.3. The van der Waals surface area contributed by atoms with Crippen molar-refractivity contribution in [1.82, 2.24) is 4.90 Å². The fourth-order valence-electron chi connectivity index (χ4n) is 1.77. The summed E-state index contributed by atoms with van der Waals surface area (Å²) in [6.45, 7) is 2.49. The Kier molecular flexibility index (Phi) is 5.25. The van der Waals surface area contributed by atoms with Crippen molar-refractivity contribution in [2.75, 3.05) is 27.3 Å². The molecule has 1 unspecified atom stereocenters. The van der Waals surface area contributed by atoms with E-state index in [2.05, 4.69) is 0 Å². The number of halogens is 1. The van der Waals surface area contributed by atoms with Crippen LogP contribution in [0, 0.1) is 12.7 Å². The minimum absolute atomic E-state index is 0.168. The molecular weight excluding hydrogens is 235 g/mol. The minimum Gasteiger partial charge on any atom is -0.383 e. The Balaban J connectivity index is 2.74. The van der Waals surface area contributed by atoms with Crippen LogP contribution in [0.2, 0.25) is 0 Å². The second-order valence-corrected chi connectivity index (χ2v) is 4.36. The van der Waals surface area contributed by atoms with Gasteiger partial charge in [0.2, 0.25) is 0 Å². The topological polar surface area (TPSA) is 55.6 Å². The zero-order chi connectivity index (χ0) is 13.7. The number of amides is 1. The summed E-state index contributed by atoms with van der Waals surface area (Å²) in [6.07, 6.45) is 0. The van der Waals surface area contributed by atoms with Crippen molar-refractivity contribution in [2.24, 2.45) is 5.73 Å². The molecule has 0 saturated carbocycles. The average molecular weight is 254 g/mol. The molecule has 0 radical (unpaired) electrons. The molecule has 5 heteroatoms. The summed E-state index contributed by atoms with van der Waals surface area (Å²) in [7, 11) is 3.23.